The largest absolute Gasteiger partial charge is 0.496 e. The number of aryl methyl sites for hydroxylation is 1. The minimum atomic E-state index is -0.771. The molecule has 1 aromatic carbocycles. The van der Waals surface area contributed by atoms with E-state index in [1.807, 2.05) is 49.4 Å². The number of aliphatic carboxylic acids is 1. The molecule has 5 nitrogen and oxygen atoms in total. The molecule has 0 radical (unpaired) electrons. The molecule has 1 aromatic heterocycles. The minimum Gasteiger partial charge on any atom is -0.496 e. The van der Waals surface area contributed by atoms with Crippen LogP contribution in [0.4, 0.5) is 0 Å². The third-order valence-electron chi connectivity index (χ3n) is 4.78. The Morgan fingerprint density at radius 2 is 2.04 bits per heavy atom. The van der Waals surface area contributed by atoms with Crippen LogP contribution in [0.5, 0.6) is 5.75 Å². The molecule has 1 aliphatic heterocycles. The van der Waals surface area contributed by atoms with Gasteiger partial charge in [-0.3, -0.25) is 14.7 Å². The van der Waals surface area contributed by atoms with Crippen LogP contribution in [0, 0.1) is 6.92 Å². The van der Waals surface area contributed by atoms with Crippen molar-refractivity contribution in [2.75, 3.05) is 13.7 Å². The summed E-state index contributed by atoms with van der Waals surface area (Å²) in [6.45, 7) is 2.68. The summed E-state index contributed by atoms with van der Waals surface area (Å²) in [4.78, 5) is 18.6. The number of carbonyl (C=O) groups is 1. The molecule has 0 aliphatic carbocycles. The Hall–Kier alpha value is -2.40. The van der Waals surface area contributed by atoms with Crippen molar-refractivity contribution in [3.63, 3.8) is 0 Å². The van der Waals surface area contributed by atoms with Gasteiger partial charge in [-0.2, -0.15) is 0 Å². The number of aromatic nitrogens is 1. The number of likely N-dealkylation sites (tertiary alicyclic amines) is 1. The van der Waals surface area contributed by atoms with Crippen molar-refractivity contribution in [2.24, 2.45) is 0 Å². The van der Waals surface area contributed by atoms with Crippen LogP contribution < -0.4 is 4.74 Å². The molecule has 2 unspecified atom stereocenters. The van der Waals surface area contributed by atoms with Crippen LogP contribution in [0.25, 0.3) is 0 Å². The Kier molecular flexibility index (Phi) is 5.34. The number of rotatable bonds is 5. The average Bonchev–Trinajstić information content (AvgIpc) is 2.63. The first-order valence-corrected chi connectivity index (χ1v) is 8.67. The number of piperidine rings is 1. The molecule has 132 valence electrons. The second-order valence-electron chi connectivity index (χ2n) is 6.44. The third-order valence-corrected chi connectivity index (χ3v) is 4.78. The number of carboxylic acid groups (broad SMARTS) is 1. The van der Waals surface area contributed by atoms with Gasteiger partial charge < -0.3 is 9.84 Å². The van der Waals surface area contributed by atoms with E-state index in [1.165, 1.54) is 0 Å². The zero-order valence-electron chi connectivity index (χ0n) is 14.7. The molecule has 1 fully saturated rings. The van der Waals surface area contributed by atoms with Crippen molar-refractivity contribution in [2.45, 2.75) is 38.3 Å². The standard InChI is InChI=1S/C20H24N2O3/c1-14-8-7-10-16(21-14)19(15-9-3-4-12-18(15)25-2)22-13-6-5-11-17(22)20(23)24/h3-4,7-10,12,17,19H,5-6,11,13H2,1-2H3,(H,23,24). The number of pyridine rings is 1. The number of ether oxygens (including phenoxy) is 1. The van der Waals surface area contributed by atoms with Crippen molar-refractivity contribution in [1.82, 2.24) is 9.88 Å². The van der Waals surface area contributed by atoms with Crippen molar-refractivity contribution < 1.29 is 14.6 Å². The molecule has 2 heterocycles. The van der Waals surface area contributed by atoms with Crippen LogP contribution in [-0.2, 0) is 4.79 Å². The lowest BCUT2D eigenvalue weighted by molar-refractivity contribution is -0.145. The van der Waals surface area contributed by atoms with Crippen molar-refractivity contribution in [3.8, 4) is 5.75 Å². The van der Waals surface area contributed by atoms with Gasteiger partial charge in [0.25, 0.3) is 0 Å². The fourth-order valence-electron chi connectivity index (χ4n) is 3.64. The molecular formula is C20H24N2O3. The lowest BCUT2D eigenvalue weighted by atomic mass is 9.93. The van der Waals surface area contributed by atoms with Gasteiger partial charge in [0, 0.05) is 11.3 Å². The van der Waals surface area contributed by atoms with E-state index in [2.05, 4.69) is 4.90 Å². The highest BCUT2D eigenvalue weighted by Gasteiger charge is 2.36. The van der Waals surface area contributed by atoms with E-state index >= 15 is 0 Å². The number of hydrogen-bond acceptors (Lipinski definition) is 4. The number of nitrogens with zero attached hydrogens (tertiary/aromatic N) is 2. The van der Waals surface area contributed by atoms with Gasteiger partial charge in [-0.25, -0.2) is 0 Å². The number of hydrogen-bond donors (Lipinski definition) is 1. The number of benzene rings is 1. The van der Waals surface area contributed by atoms with Gasteiger partial charge in [0.1, 0.15) is 11.8 Å². The van der Waals surface area contributed by atoms with E-state index in [1.54, 1.807) is 7.11 Å². The average molecular weight is 340 g/mol. The van der Waals surface area contributed by atoms with Gasteiger partial charge in [0.2, 0.25) is 0 Å². The van der Waals surface area contributed by atoms with E-state index in [0.29, 0.717) is 6.42 Å². The Balaban J connectivity index is 2.13. The highest BCUT2D eigenvalue weighted by Crippen LogP contribution is 2.37. The predicted octanol–water partition coefficient (Wildman–Crippen LogP) is 3.43. The Labute approximate surface area is 148 Å². The fourth-order valence-corrected chi connectivity index (χ4v) is 3.64. The van der Waals surface area contributed by atoms with Crippen molar-refractivity contribution in [3.05, 3.63) is 59.4 Å². The molecule has 3 rings (SSSR count). The van der Waals surface area contributed by atoms with Crippen LogP contribution in [0.15, 0.2) is 42.5 Å². The van der Waals surface area contributed by atoms with Gasteiger partial charge in [-0.1, -0.05) is 30.7 Å². The summed E-state index contributed by atoms with van der Waals surface area (Å²) in [5.74, 6) is -0.0160. The molecule has 1 saturated heterocycles. The fraction of sp³-hybridized carbons (Fsp3) is 0.400. The molecule has 0 spiro atoms. The zero-order valence-corrected chi connectivity index (χ0v) is 14.7. The maximum absolute atomic E-state index is 11.9. The van der Waals surface area contributed by atoms with Gasteiger partial charge in [0.05, 0.1) is 18.8 Å². The van der Waals surface area contributed by atoms with E-state index in [-0.39, 0.29) is 6.04 Å². The molecule has 1 N–H and O–H groups in total. The molecule has 2 atom stereocenters. The van der Waals surface area contributed by atoms with E-state index in [4.69, 9.17) is 9.72 Å². The first-order valence-electron chi connectivity index (χ1n) is 8.67. The van der Waals surface area contributed by atoms with Crippen LogP contribution in [-0.4, -0.2) is 40.7 Å². The molecule has 0 saturated carbocycles. The highest BCUT2D eigenvalue weighted by atomic mass is 16.5. The van der Waals surface area contributed by atoms with E-state index in [0.717, 1.165) is 42.1 Å². The zero-order chi connectivity index (χ0) is 17.8. The number of para-hydroxylation sites is 1. The lowest BCUT2D eigenvalue weighted by Crippen LogP contribution is -2.47. The van der Waals surface area contributed by atoms with Gasteiger partial charge in [-0.05, 0) is 44.5 Å². The molecular weight excluding hydrogens is 316 g/mol. The summed E-state index contributed by atoms with van der Waals surface area (Å²) in [7, 11) is 1.64. The molecule has 5 heteroatoms. The smallest absolute Gasteiger partial charge is 0.320 e. The van der Waals surface area contributed by atoms with Crippen LogP contribution in [0.3, 0.4) is 0 Å². The van der Waals surface area contributed by atoms with Crippen molar-refractivity contribution in [1.29, 1.82) is 0 Å². The molecule has 2 aromatic rings. The van der Waals surface area contributed by atoms with Gasteiger partial charge in [0.15, 0.2) is 0 Å². The number of methoxy groups -OCH3 is 1. The molecule has 25 heavy (non-hydrogen) atoms. The first-order chi connectivity index (χ1) is 12.1. The second-order valence-corrected chi connectivity index (χ2v) is 6.44. The summed E-state index contributed by atoms with van der Waals surface area (Å²) in [6.07, 6.45) is 2.58. The third kappa shape index (κ3) is 3.66. The van der Waals surface area contributed by atoms with E-state index in [9.17, 15) is 9.90 Å². The van der Waals surface area contributed by atoms with Crippen molar-refractivity contribution >= 4 is 5.97 Å². The maximum atomic E-state index is 11.9. The summed E-state index contributed by atoms with van der Waals surface area (Å²) in [5.41, 5.74) is 2.73. The lowest BCUT2D eigenvalue weighted by Gasteiger charge is -2.39. The maximum Gasteiger partial charge on any atom is 0.320 e. The molecule has 0 amide bonds. The summed E-state index contributed by atoms with van der Waals surface area (Å²) in [5, 5.41) is 9.74. The monoisotopic (exact) mass is 340 g/mol. The normalized spacial score (nSPS) is 19.4. The first kappa shape index (κ1) is 17.4. The highest BCUT2D eigenvalue weighted by molar-refractivity contribution is 5.73. The SMILES string of the molecule is COc1ccccc1C(c1cccc(C)n1)N1CCCCC1C(=O)O. The Bertz CT molecular complexity index is 747. The minimum absolute atomic E-state index is 0.238. The summed E-state index contributed by atoms with van der Waals surface area (Å²) < 4.78 is 5.56. The van der Waals surface area contributed by atoms with Crippen LogP contribution >= 0.6 is 0 Å². The Morgan fingerprint density at radius 1 is 1.24 bits per heavy atom. The van der Waals surface area contributed by atoms with Gasteiger partial charge in [-0.15, -0.1) is 0 Å². The van der Waals surface area contributed by atoms with Crippen LogP contribution in [0.1, 0.15) is 42.3 Å². The van der Waals surface area contributed by atoms with Crippen LogP contribution in [0.2, 0.25) is 0 Å². The summed E-state index contributed by atoms with van der Waals surface area (Å²) in [6, 6.07) is 12.9. The predicted molar refractivity (Wildman–Crippen MR) is 95.8 cm³/mol. The second kappa shape index (κ2) is 7.66. The Morgan fingerprint density at radius 3 is 2.76 bits per heavy atom. The molecule has 1 aliphatic rings. The number of carboxylic acids is 1. The quantitative estimate of drug-likeness (QED) is 0.903. The molecule has 0 bridgehead atoms. The summed E-state index contributed by atoms with van der Waals surface area (Å²) >= 11 is 0. The van der Waals surface area contributed by atoms with E-state index < -0.39 is 12.0 Å². The topological polar surface area (TPSA) is 62.7 Å². The van der Waals surface area contributed by atoms with Gasteiger partial charge >= 0.3 is 5.97 Å².